The van der Waals surface area contributed by atoms with Gasteiger partial charge in [-0.05, 0) is 72.8 Å². The van der Waals surface area contributed by atoms with Crippen molar-refractivity contribution in [3.63, 3.8) is 0 Å². The van der Waals surface area contributed by atoms with Crippen LogP contribution in [0, 0.1) is 0 Å². The topological polar surface area (TPSA) is 51.0 Å². The molecule has 0 N–H and O–H groups in total. The minimum absolute atomic E-state index is 0.694. The largest absolute Gasteiger partial charge is 0.455 e. The molecule has 166 valence electrons. The van der Waals surface area contributed by atoms with Crippen molar-refractivity contribution < 1.29 is 8.83 Å². The summed E-state index contributed by atoms with van der Waals surface area (Å²) >= 11 is 6.89. The summed E-state index contributed by atoms with van der Waals surface area (Å²) in [6.45, 7) is 0. The molecule has 2 aromatic heterocycles. The SMILES string of the molecule is Brc1ccc(-c2ccc(C=Nc3ccc(N=Cc4ccc(-c5ccc(Br)cc5)o4)cc3)o2)cc1. The molecule has 2 heterocycles. The molecule has 6 heteroatoms. The molecule has 0 aliphatic carbocycles. The molecule has 0 saturated carbocycles. The van der Waals surface area contributed by atoms with Crippen molar-refractivity contribution in [2.75, 3.05) is 0 Å². The fourth-order valence-electron chi connectivity index (χ4n) is 3.28. The van der Waals surface area contributed by atoms with Crippen molar-refractivity contribution in [1.82, 2.24) is 0 Å². The Morgan fingerprint density at radius 3 is 1.24 bits per heavy atom. The van der Waals surface area contributed by atoms with Gasteiger partial charge in [-0.15, -0.1) is 0 Å². The Balaban J connectivity index is 1.22. The maximum absolute atomic E-state index is 5.88. The van der Waals surface area contributed by atoms with Gasteiger partial charge >= 0.3 is 0 Å². The highest BCUT2D eigenvalue weighted by Gasteiger charge is 2.04. The number of benzene rings is 3. The molecule has 0 bridgehead atoms. The summed E-state index contributed by atoms with van der Waals surface area (Å²) in [5, 5.41) is 0. The first-order chi connectivity index (χ1) is 16.6. The van der Waals surface area contributed by atoms with Gasteiger partial charge in [0.05, 0.1) is 23.8 Å². The Hall–Kier alpha value is -3.48. The molecule has 0 amide bonds. The summed E-state index contributed by atoms with van der Waals surface area (Å²) in [7, 11) is 0. The van der Waals surface area contributed by atoms with E-state index in [1.165, 1.54) is 0 Å². The van der Waals surface area contributed by atoms with E-state index >= 15 is 0 Å². The second-order valence-electron chi connectivity index (χ2n) is 7.45. The average molecular weight is 574 g/mol. The zero-order valence-electron chi connectivity index (χ0n) is 17.9. The predicted molar refractivity (Wildman–Crippen MR) is 145 cm³/mol. The van der Waals surface area contributed by atoms with Crippen LogP contribution in [-0.4, -0.2) is 12.4 Å². The van der Waals surface area contributed by atoms with Crippen molar-refractivity contribution in [3.05, 3.63) is 118 Å². The molecular formula is C28H18Br2N2O2. The standard InChI is InChI=1S/C28H18Br2N2O2/c29-21-5-1-19(2-6-21)27-15-13-25(33-27)17-31-23-9-11-24(12-10-23)32-18-26-14-16-28(34-26)20-3-7-22(30)8-4-20/h1-18H. The maximum Gasteiger partial charge on any atom is 0.145 e. The van der Waals surface area contributed by atoms with E-state index < -0.39 is 0 Å². The van der Waals surface area contributed by atoms with Gasteiger partial charge in [-0.2, -0.15) is 0 Å². The van der Waals surface area contributed by atoms with E-state index in [2.05, 4.69) is 41.8 Å². The van der Waals surface area contributed by atoms with E-state index in [1.54, 1.807) is 12.4 Å². The molecule has 0 radical (unpaired) electrons. The minimum Gasteiger partial charge on any atom is -0.455 e. The van der Waals surface area contributed by atoms with Crippen LogP contribution in [0.2, 0.25) is 0 Å². The van der Waals surface area contributed by atoms with E-state index in [-0.39, 0.29) is 0 Å². The number of hydrogen-bond acceptors (Lipinski definition) is 4. The van der Waals surface area contributed by atoms with Crippen LogP contribution in [0.4, 0.5) is 11.4 Å². The Kier molecular flexibility index (Phi) is 6.70. The molecule has 3 aromatic carbocycles. The summed E-state index contributed by atoms with van der Waals surface area (Å²) in [4.78, 5) is 9.00. The predicted octanol–water partition coefficient (Wildman–Crippen LogP) is 9.23. The Bertz CT molecular complexity index is 1330. The van der Waals surface area contributed by atoms with Gasteiger partial charge in [0.15, 0.2) is 0 Å². The highest BCUT2D eigenvalue weighted by atomic mass is 79.9. The number of furan rings is 2. The third-order valence-corrected chi connectivity index (χ3v) is 6.10. The molecule has 0 spiro atoms. The zero-order chi connectivity index (χ0) is 23.3. The minimum atomic E-state index is 0.694. The molecule has 0 saturated heterocycles. The third kappa shape index (κ3) is 5.53. The van der Waals surface area contributed by atoms with Crippen LogP contribution in [0.1, 0.15) is 11.5 Å². The number of rotatable bonds is 6. The van der Waals surface area contributed by atoms with Crippen molar-refractivity contribution in [2.45, 2.75) is 0 Å². The Morgan fingerprint density at radius 1 is 0.471 bits per heavy atom. The second kappa shape index (κ2) is 10.2. The van der Waals surface area contributed by atoms with Crippen molar-refractivity contribution in [1.29, 1.82) is 0 Å². The molecule has 34 heavy (non-hydrogen) atoms. The molecule has 5 rings (SSSR count). The lowest BCUT2D eigenvalue weighted by molar-refractivity contribution is 0.575. The summed E-state index contributed by atoms with van der Waals surface area (Å²) < 4.78 is 13.8. The van der Waals surface area contributed by atoms with E-state index in [0.29, 0.717) is 11.5 Å². The maximum atomic E-state index is 5.88. The number of aliphatic imine (C=N–C) groups is 2. The second-order valence-corrected chi connectivity index (χ2v) is 9.28. The smallest absolute Gasteiger partial charge is 0.145 e. The van der Waals surface area contributed by atoms with Crippen LogP contribution in [-0.2, 0) is 0 Å². The lowest BCUT2D eigenvalue weighted by Crippen LogP contribution is -1.76. The quantitative estimate of drug-likeness (QED) is 0.190. The Morgan fingerprint density at radius 2 is 0.853 bits per heavy atom. The van der Waals surface area contributed by atoms with E-state index in [1.807, 2.05) is 97.1 Å². The number of halogens is 2. The van der Waals surface area contributed by atoms with Crippen LogP contribution in [0.3, 0.4) is 0 Å². The highest BCUT2D eigenvalue weighted by molar-refractivity contribution is 9.10. The van der Waals surface area contributed by atoms with Gasteiger partial charge in [-0.3, -0.25) is 9.98 Å². The van der Waals surface area contributed by atoms with Crippen LogP contribution < -0.4 is 0 Å². The van der Waals surface area contributed by atoms with E-state index in [0.717, 1.165) is 43.0 Å². The number of nitrogens with zero attached hydrogens (tertiary/aromatic N) is 2. The third-order valence-electron chi connectivity index (χ3n) is 5.04. The van der Waals surface area contributed by atoms with Crippen molar-refractivity contribution in [3.8, 4) is 22.6 Å². The van der Waals surface area contributed by atoms with Gasteiger partial charge in [-0.1, -0.05) is 56.1 Å². The Labute approximate surface area is 214 Å². The van der Waals surface area contributed by atoms with Gasteiger partial charge < -0.3 is 8.83 Å². The molecule has 4 nitrogen and oxygen atoms in total. The molecule has 0 aliphatic rings. The van der Waals surface area contributed by atoms with Crippen molar-refractivity contribution >= 4 is 55.7 Å². The van der Waals surface area contributed by atoms with Gasteiger partial charge in [0, 0.05) is 20.1 Å². The molecular weight excluding hydrogens is 556 g/mol. The average Bonchev–Trinajstić information content (AvgIpc) is 3.53. The molecule has 0 atom stereocenters. The highest BCUT2D eigenvalue weighted by Crippen LogP contribution is 2.26. The van der Waals surface area contributed by atoms with Crippen LogP contribution in [0.25, 0.3) is 22.6 Å². The summed E-state index contributed by atoms with van der Waals surface area (Å²) in [6.07, 6.45) is 3.43. The first-order valence-electron chi connectivity index (χ1n) is 10.5. The first-order valence-corrected chi connectivity index (χ1v) is 12.1. The monoisotopic (exact) mass is 572 g/mol. The van der Waals surface area contributed by atoms with Gasteiger partial charge in [0.2, 0.25) is 0 Å². The lowest BCUT2D eigenvalue weighted by atomic mass is 10.2. The van der Waals surface area contributed by atoms with Gasteiger partial charge in [0.1, 0.15) is 23.0 Å². The molecule has 0 aliphatic heterocycles. The van der Waals surface area contributed by atoms with Crippen molar-refractivity contribution in [2.24, 2.45) is 9.98 Å². The zero-order valence-corrected chi connectivity index (χ0v) is 21.0. The van der Waals surface area contributed by atoms with Gasteiger partial charge in [-0.25, -0.2) is 0 Å². The summed E-state index contributed by atoms with van der Waals surface area (Å²) in [5.74, 6) is 3.00. The molecule has 0 fully saturated rings. The molecule has 0 unspecified atom stereocenters. The fraction of sp³-hybridized carbons (Fsp3) is 0. The normalized spacial score (nSPS) is 11.6. The lowest BCUT2D eigenvalue weighted by Gasteiger charge is -1.97. The summed E-state index contributed by atoms with van der Waals surface area (Å²) in [5.41, 5.74) is 3.67. The fourth-order valence-corrected chi connectivity index (χ4v) is 3.81. The van der Waals surface area contributed by atoms with Crippen LogP contribution in [0.5, 0.6) is 0 Å². The first kappa shape index (κ1) is 22.3. The molecule has 5 aromatic rings. The van der Waals surface area contributed by atoms with Gasteiger partial charge in [0.25, 0.3) is 0 Å². The van der Waals surface area contributed by atoms with E-state index in [4.69, 9.17) is 8.83 Å². The number of hydrogen-bond donors (Lipinski definition) is 0. The van der Waals surface area contributed by atoms with Crippen LogP contribution in [0.15, 0.2) is 125 Å². The summed E-state index contributed by atoms with van der Waals surface area (Å²) in [6, 6.07) is 31.3. The van der Waals surface area contributed by atoms with E-state index in [9.17, 15) is 0 Å². The van der Waals surface area contributed by atoms with Crippen LogP contribution >= 0.6 is 31.9 Å².